The molecule has 0 saturated carbocycles. The summed E-state index contributed by atoms with van der Waals surface area (Å²) in [7, 11) is 0. The second-order valence-electron chi connectivity index (χ2n) is 3.41. The van der Waals surface area contributed by atoms with Crippen LogP contribution in [0.3, 0.4) is 0 Å². The van der Waals surface area contributed by atoms with E-state index in [9.17, 15) is 4.79 Å². The van der Waals surface area contributed by atoms with Gasteiger partial charge in [-0.15, -0.1) is 0 Å². The number of anilines is 1. The van der Waals surface area contributed by atoms with Gasteiger partial charge < -0.3 is 14.8 Å². The lowest BCUT2D eigenvalue weighted by Crippen LogP contribution is -2.12. The summed E-state index contributed by atoms with van der Waals surface area (Å²) in [6.07, 6.45) is 2.06. The number of aromatic carboxylic acids is 1. The van der Waals surface area contributed by atoms with Gasteiger partial charge in [-0.3, -0.25) is 0 Å². The van der Waals surface area contributed by atoms with Gasteiger partial charge in [0.25, 0.3) is 0 Å². The van der Waals surface area contributed by atoms with Gasteiger partial charge in [-0.2, -0.15) is 11.8 Å². The lowest BCUT2D eigenvalue weighted by atomic mass is 10.2. The van der Waals surface area contributed by atoms with Gasteiger partial charge in [-0.25, -0.2) is 4.79 Å². The molecule has 15 heavy (non-hydrogen) atoms. The summed E-state index contributed by atoms with van der Waals surface area (Å²) in [6, 6.07) is 3.08. The number of nitrogens with one attached hydrogen (secondary N) is 1. The smallest absolute Gasteiger partial charge is 0.371 e. The van der Waals surface area contributed by atoms with Crippen molar-refractivity contribution < 1.29 is 14.3 Å². The molecule has 0 spiro atoms. The molecule has 0 aliphatic heterocycles. The van der Waals surface area contributed by atoms with Crippen molar-refractivity contribution in [1.82, 2.24) is 0 Å². The number of rotatable bonds is 6. The molecule has 0 aliphatic carbocycles. The Bertz CT molecular complexity index is 324. The number of furan rings is 1. The molecule has 4 nitrogen and oxygen atoms in total. The largest absolute Gasteiger partial charge is 0.475 e. The standard InChI is InChI=1S/C10H15NO3S/c1-7(6-15-2)5-11-9-4-3-8(14-9)10(12)13/h3-4,7,11H,5-6H2,1-2H3,(H,12,13). The van der Waals surface area contributed by atoms with Crippen molar-refractivity contribution in [2.24, 2.45) is 5.92 Å². The molecule has 2 N–H and O–H groups in total. The van der Waals surface area contributed by atoms with Crippen molar-refractivity contribution >= 4 is 23.6 Å². The first-order valence-corrected chi connectivity index (χ1v) is 6.08. The topological polar surface area (TPSA) is 62.5 Å². The molecule has 5 heteroatoms. The van der Waals surface area contributed by atoms with Crippen LogP contribution in [-0.4, -0.2) is 29.6 Å². The van der Waals surface area contributed by atoms with E-state index >= 15 is 0 Å². The highest BCUT2D eigenvalue weighted by Crippen LogP contribution is 2.14. The Kier molecular flexibility index (Phi) is 4.55. The Labute approximate surface area is 93.0 Å². The van der Waals surface area contributed by atoms with Crippen LogP contribution in [0.1, 0.15) is 17.5 Å². The highest BCUT2D eigenvalue weighted by atomic mass is 32.2. The zero-order valence-corrected chi connectivity index (χ0v) is 9.63. The Balaban J connectivity index is 2.40. The molecule has 1 aromatic rings. The molecular weight excluding hydrogens is 214 g/mol. The number of hydrogen-bond donors (Lipinski definition) is 2. The van der Waals surface area contributed by atoms with Gasteiger partial charge in [0, 0.05) is 12.6 Å². The lowest BCUT2D eigenvalue weighted by molar-refractivity contribution is 0.0663. The Hall–Kier alpha value is -1.10. The van der Waals surface area contributed by atoms with Gasteiger partial charge in [0.15, 0.2) is 5.88 Å². The predicted octanol–water partition coefficient (Wildman–Crippen LogP) is 2.39. The van der Waals surface area contributed by atoms with E-state index in [4.69, 9.17) is 9.52 Å². The first kappa shape index (κ1) is 12.0. The molecule has 1 aromatic heterocycles. The van der Waals surface area contributed by atoms with Crippen molar-refractivity contribution in [3.05, 3.63) is 17.9 Å². The summed E-state index contributed by atoms with van der Waals surface area (Å²) >= 11 is 1.79. The fourth-order valence-electron chi connectivity index (χ4n) is 1.17. The average molecular weight is 229 g/mol. The Morgan fingerprint density at radius 2 is 2.40 bits per heavy atom. The maximum atomic E-state index is 10.5. The van der Waals surface area contributed by atoms with Crippen LogP contribution in [0.15, 0.2) is 16.5 Å². The molecule has 0 fully saturated rings. The quantitative estimate of drug-likeness (QED) is 0.784. The monoisotopic (exact) mass is 229 g/mol. The highest BCUT2D eigenvalue weighted by molar-refractivity contribution is 7.98. The molecule has 0 bridgehead atoms. The van der Waals surface area contributed by atoms with Gasteiger partial charge in [0.05, 0.1) is 0 Å². The van der Waals surface area contributed by atoms with E-state index in [2.05, 4.69) is 18.5 Å². The SMILES string of the molecule is CSCC(C)CNc1ccc(C(=O)O)o1. The maximum absolute atomic E-state index is 10.5. The second-order valence-corrected chi connectivity index (χ2v) is 4.32. The first-order valence-electron chi connectivity index (χ1n) is 4.69. The summed E-state index contributed by atoms with van der Waals surface area (Å²) < 4.78 is 5.06. The summed E-state index contributed by atoms with van der Waals surface area (Å²) in [4.78, 5) is 10.5. The van der Waals surface area contributed by atoms with E-state index in [-0.39, 0.29) is 5.76 Å². The minimum absolute atomic E-state index is 0.0324. The molecule has 1 heterocycles. The van der Waals surface area contributed by atoms with Crippen LogP contribution in [0, 0.1) is 5.92 Å². The molecule has 0 amide bonds. The van der Waals surface area contributed by atoms with E-state index in [1.54, 1.807) is 17.8 Å². The Morgan fingerprint density at radius 1 is 1.67 bits per heavy atom. The number of carboxylic acids is 1. The molecule has 0 saturated heterocycles. The van der Waals surface area contributed by atoms with Crippen LogP contribution in [0.25, 0.3) is 0 Å². The van der Waals surface area contributed by atoms with E-state index in [0.717, 1.165) is 12.3 Å². The van der Waals surface area contributed by atoms with Crippen LogP contribution in [-0.2, 0) is 0 Å². The lowest BCUT2D eigenvalue weighted by Gasteiger charge is -2.09. The number of carbonyl (C=O) groups is 1. The van der Waals surface area contributed by atoms with Crippen molar-refractivity contribution in [2.75, 3.05) is 23.9 Å². The molecule has 0 radical (unpaired) electrons. The van der Waals surface area contributed by atoms with Crippen LogP contribution in [0.2, 0.25) is 0 Å². The van der Waals surface area contributed by atoms with E-state index in [1.807, 2.05) is 0 Å². The molecule has 1 atom stereocenters. The van der Waals surface area contributed by atoms with Crippen molar-refractivity contribution in [1.29, 1.82) is 0 Å². The van der Waals surface area contributed by atoms with Crippen LogP contribution in [0.4, 0.5) is 5.88 Å². The molecule has 84 valence electrons. The van der Waals surface area contributed by atoms with Crippen LogP contribution >= 0.6 is 11.8 Å². The molecular formula is C10H15NO3S. The number of carboxylic acid groups (broad SMARTS) is 1. The van der Waals surface area contributed by atoms with Crippen LogP contribution < -0.4 is 5.32 Å². The Morgan fingerprint density at radius 3 is 2.93 bits per heavy atom. The van der Waals surface area contributed by atoms with E-state index in [1.165, 1.54) is 6.07 Å². The summed E-state index contributed by atoms with van der Waals surface area (Å²) in [6.45, 7) is 2.91. The number of hydrogen-bond acceptors (Lipinski definition) is 4. The molecule has 1 rings (SSSR count). The fraction of sp³-hybridized carbons (Fsp3) is 0.500. The van der Waals surface area contributed by atoms with E-state index < -0.39 is 5.97 Å². The molecule has 0 aliphatic rings. The fourth-order valence-corrected chi connectivity index (χ4v) is 1.85. The minimum Gasteiger partial charge on any atom is -0.475 e. The highest BCUT2D eigenvalue weighted by Gasteiger charge is 2.09. The van der Waals surface area contributed by atoms with Crippen molar-refractivity contribution in [2.45, 2.75) is 6.92 Å². The van der Waals surface area contributed by atoms with Gasteiger partial charge in [0.2, 0.25) is 5.76 Å². The van der Waals surface area contributed by atoms with Crippen LogP contribution in [0.5, 0.6) is 0 Å². The third kappa shape index (κ3) is 3.87. The second kappa shape index (κ2) is 5.70. The summed E-state index contributed by atoms with van der Waals surface area (Å²) in [5, 5.41) is 11.7. The van der Waals surface area contributed by atoms with Gasteiger partial charge in [0.1, 0.15) is 0 Å². The number of thioether (sulfide) groups is 1. The zero-order valence-electron chi connectivity index (χ0n) is 8.82. The zero-order chi connectivity index (χ0) is 11.3. The maximum Gasteiger partial charge on any atom is 0.371 e. The third-order valence-electron chi connectivity index (χ3n) is 1.89. The van der Waals surface area contributed by atoms with Gasteiger partial charge in [-0.1, -0.05) is 6.92 Å². The predicted molar refractivity (Wildman–Crippen MR) is 61.7 cm³/mol. The first-order chi connectivity index (χ1) is 7.13. The van der Waals surface area contributed by atoms with Gasteiger partial charge >= 0.3 is 5.97 Å². The average Bonchev–Trinajstić information content (AvgIpc) is 2.63. The van der Waals surface area contributed by atoms with Gasteiger partial charge in [-0.05, 0) is 24.0 Å². The third-order valence-corrected chi connectivity index (χ3v) is 2.80. The van der Waals surface area contributed by atoms with Crippen molar-refractivity contribution in [3.63, 3.8) is 0 Å². The van der Waals surface area contributed by atoms with E-state index in [0.29, 0.717) is 11.8 Å². The molecule has 0 aromatic carbocycles. The normalized spacial score (nSPS) is 12.4. The van der Waals surface area contributed by atoms with Crippen molar-refractivity contribution in [3.8, 4) is 0 Å². The minimum atomic E-state index is -1.04. The summed E-state index contributed by atoms with van der Waals surface area (Å²) in [5.41, 5.74) is 0. The molecule has 1 unspecified atom stereocenters. The summed E-state index contributed by atoms with van der Waals surface area (Å²) in [5.74, 6) is 1.04.